The summed E-state index contributed by atoms with van der Waals surface area (Å²) in [6, 6.07) is 13.0. The fraction of sp³-hybridized carbons (Fsp3) is 0.448. The molecule has 1 aromatic carbocycles. The summed E-state index contributed by atoms with van der Waals surface area (Å²) in [5, 5.41) is 19.4. The lowest BCUT2D eigenvalue weighted by Gasteiger charge is -2.48. The Morgan fingerprint density at radius 1 is 1.03 bits per heavy atom. The first-order valence-electron chi connectivity index (χ1n) is 13.1. The summed E-state index contributed by atoms with van der Waals surface area (Å²) in [6.45, 7) is 0. The van der Waals surface area contributed by atoms with Gasteiger partial charge in [-0.3, -0.25) is 4.79 Å². The standard InChI is InChI=1S/C29H31FN6O2/c1-34(28-23(17-32)29(37)35(2)25-14-8-19(16-31)33-27(25)28)20-9-11-22(12-10-20)36(21-5-4-6-21)24-13-7-18(30)15-26(24)38-3/h7-8,13-15,20-22H,4-6,9-12H2,1-3H3/t20-,22+. The number of hydrogen-bond acceptors (Lipinski definition) is 7. The molecule has 0 unspecified atom stereocenters. The molecule has 0 radical (unpaired) electrons. The van der Waals surface area contributed by atoms with E-state index in [0.29, 0.717) is 28.5 Å². The first-order chi connectivity index (χ1) is 18.4. The zero-order valence-corrected chi connectivity index (χ0v) is 21.9. The van der Waals surface area contributed by atoms with E-state index in [2.05, 4.69) is 22.0 Å². The molecule has 0 saturated heterocycles. The largest absolute Gasteiger partial charge is 0.494 e. The average Bonchev–Trinajstić information content (AvgIpc) is 2.92. The number of aryl methyl sites for hydroxylation is 1. The fourth-order valence-electron chi connectivity index (χ4n) is 6.03. The third kappa shape index (κ3) is 4.32. The number of pyridine rings is 2. The second kappa shape index (κ2) is 10.3. The molecule has 196 valence electrons. The quantitative estimate of drug-likeness (QED) is 0.473. The highest BCUT2D eigenvalue weighted by atomic mass is 19.1. The number of fused-ring (bicyclic) bond motifs is 1. The SMILES string of the molecule is COc1cc(F)ccc1N(C1CCC1)[C@H]1CC[C@@H](N(C)c2c(C#N)c(=O)n(C)c3ccc(C#N)nc23)CC1. The maximum Gasteiger partial charge on any atom is 0.270 e. The van der Waals surface area contributed by atoms with Crippen LogP contribution in [0.5, 0.6) is 5.75 Å². The lowest BCUT2D eigenvalue weighted by atomic mass is 9.84. The Bertz CT molecular complexity index is 1510. The number of rotatable bonds is 6. The minimum absolute atomic E-state index is 0.0411. The molecule has 2 aliphatic carbocycles. The number of methoxy groups -OCH3 is 1. The maximum atomic E-state index is 13.9. The highest BCUT2D eigenvalue weighted by Crippen LogP contribution is 2.41. The molecule has 0 atom stereocenters. The molecule has 2 saturated carbocycles. The number of ether oxygens (including phenoxy) is 1. The van der Waals surface area contributed by atoms with Gasteiger partial charge in [-0.15, -0.1) is 0 Å². The lowest BCUT2D eigenvalue weighted by Crippen LogP contribution is -2.50. The first-order valence-corrected chi connectivity index (χ1v) is 13.1. The van der Waals surface area contributed by atoms with E-state index >= 15 is 0 Å². The van der Waals surface area contributed by atoms with Crippen LogP contribution in [0, 0.1) is 28.5 Å². The second-order valence-corrected chi connectivity index (χ2v) is 10.3. The van der Waals surface area contributed by atoms with Crippen molar-refractivity contribution >= 4 is 22.4 Å². The van der Waals surface area contributed by atoms with Gasteiger partial charge in [0.1, 0.15) is 40.5 Å². The number of nitriles is 2. The van der Waals surface area contributed by atoms with E-state index in [1.807, 2.05) is 18.0 Å². The average molecular weight is 515 g/mol. The van der Waals surface area contributed by atoms with Gasteiger partial charge in [-0.25, -0.2) is 9.37 Å². The molecular weight excluding hydrogens is 483 g/mol. The van der Waals surface area contributed by atoms with Gasteiger partial charge in [0.2, 0.25) is 0 Å². The Morgan fingerprint density at radius 3 is 2.32 bits per heavy atom. The van der Waals surface area contributed by atoms with Crippen molar-refractivity contribution in [3.05, 3.63) is 57.8 Å². The molecule has 38 heavy (non-hydrogen) atoms. The molecule has 0 spiro atoms. The van der Waals surface area contributed by atoms with Crippen LogP contribution in [-0.2, 0) is 7.05 Å². The summed E-state index contributed by atoms with van der Waals surface area (Å²) in [7, 11) is 5.11. The van der Waals surface area contributed by atoms with Gasteiger partial charge < -0.3 is 19.1 Å². The van der Waals surface area contributed by atoms with Crippen LogP contribution in [0.2, 0.25) is 0 Å². The summed E-state index contributed by atoms with van der Waals surface area (Å²) in [5.74, 6) is 0.243. The van der Waals surface area contributed by atoms with E-state index in [4.69, 9.17) is 4.74 Å². The molecule has 8 nitrogen and oxygen atoms in total. The van der Waals surface area contributed by atoms with Gasteiger partial charge in [-0.2, -0.15) is 10.5 Å². The van der Waals surface area contributed by atoms with Crippen LogP contribution in [0.4, 0.5) is 15.8 Å². The van der Waals surface area contributed by atoms with Crippen molar-refractivity contribution in [3.63, 3.8) is 0 Å². The van der Waals surface area contributed by atoms with Crippen molar-refractivity contribution in [2.75, 3.05) is 24.0 Å². The topological polar surface area (TPSA) is 98.2 Å². The molecule has 2 heterocycles. The summed E-state index contributed by atoms with van der Waals surface area (Å²) in [5.41, 5.74) is 2.40. The van der Waals surface area contributed by atoms with E-state index in [1.165, 1.54) is 23.1 Å². The minimum atomic E-state index is -0.374. The van der Waals surface area contributed by atoms with Crippen molar-refractivity contribution in [1.29, 1.82) is 10.5 Å². The van der Waals surface area contributed by atoms with Crippen LogP contribution in [0.25, 0.3) is 11.0 Å². The van der Waals surface area contributed by atoms with E-state index < -0.39 is 0 Å². The van der Waals surface area contributed by atoms with Crippen LogP contribution in [0.1, 0.15) is 56.2 Å². The van der Waals surface area contributed by atoms with Crippen LogP contribution >= 0.6 is 0 Å². The van der Waals surface area contributed by atoms with Crippen molar-refractivity contribution in [3.8, 4) is 17.9 Å². The monoisotopic (exact) mass is 514 g/mol. The minimum Gasteiger partial charge on any atom is -0.494 e. The number of nitrogens with zero attached hydrogens (tertiary/aromatic N) is 6. The first kappa shape index (κ1) is 25.5. The second-order valence-electron chi connectivity index (χ2n) is 10.3. The number of hydrogen-bond donors (Lipinski definition) is 0. The van der Waals surface area contributed by atoms with E-state index in [1.54, 1.807) is 26.3 Å². The van der Waals surface area contributed by atoms with Gasteiger partial charge in [0, 0.05) is 38.3 Å². The zero-order valence-electron chi connectivity index (χ0n) is 21.9. The third-order valence-electron chi connectivity index (χ3n) is 8.29. The molecule has 0 aliphatic heterocycles. The lowest BCUT2D eigenvalue weighted by molar-refractivity contribution is 0.298. The number of benzene rings is 1. The molecule has 2 fully saturated rings. The number of aromatic nitrogens is 2. The maximum absolute atomic E-state index is 13.9. The van der Waals surface area contributed by atoms with Crippen LogP contribution in [0.15, 0.2) is 35.1 Å². The Balaban J connectivity index is 1.45. The highest BCUT2D eigenvalue weighted by Gasteiger charge is 2.36. The van der Waals surface area contributed by atoms with E-state index in [9.17, 15) is 19.7 Å². The van der Waals surface area contributed by atoms with Crippen molar-refractivity contribution in [2.45, 2.75) is 63.1 Å². The smallest absolute Gasteiger partial charge is 0.270 e. The van der Waals surface area contributed by atoms with Crippen LogP contribution in [-0.4, -0.2) is 41.8 Å². The third-order valence-corrected chi connectivity index (χ3v) is 8.29. The van der Waals surface area contributed by atoms with Crippen molar-refractivity contribution < 1.29 is 9.13 Å². The Labute approximate surface area is 221 Å². The highest BCUT2D eigenvalue weighted by molar-refractivity contribution is 5.92. The molecule has 2 aliphatic rings. The molecule has 5 rings (SSSR count). The van der Waals surface area contributed by atoms with Gasteiger partial charge in [-0.1, -0.05) is 0 Å². The van der Waals surface area contributed by atoms with Crippen LogP contribution in [0.3, 0.4) is 0 Å². The van der Waals surface area contributed by atoms with Gasteiger partial charge in [0.05, 0.1) is 24.0 Å². The summed E-state index contributed by atoms with van der Waals surface area (Å²) in [6.07, 6.45) is 6.94. The Morgan fingerprint density at radius 2 is 1.71 bits per heavy atom. The molecule has 0 N–H and O–H groups in total. The molecular formula is C29H31FN6O2. The fourth-order valence-corrected chi connectivity index (χ4v) is 6.03. The Kier molecular flexibility index (Phi) is 6.94. The van der Waals surface area contributed by atoms with E-state index in [0.717, 1.165) is 44.2 Å². The van der Waals surface area contributed by atoms with E-state index in [-0.39, 0.29) is 34.7 Å². The van der Waals surface area contributed by atoms with Gasteiger partial charge in [0.15, 0.2) is 0 Å². The predicted molar refractivity (Wildman–Crippen MR) is 144 cm³/mol. The molecule has 0 bridgehead atoms. The van der Waals surface area contributed by atoms with Crippen molar-refractivity contribution in [1.82, 2.24) is 9.55 Å². The van der Waals surface area contributed by atoms with Crippen LogP contribution < -0.4 is 20.1 Å². The molecule has 9 heteroatoms. The number of anilines is 2. The van der Waals surface area contributed by atoms with Gasteiger partial charge in [-0.05, 0) is 69.2 Å². The molecule has 3 aromatic rings. The Hall–Kier alpha value is -4.11. The summed E-state index contributed by atoms with van der Waals surface area (Å²) in [4.78, 5) is 22.0. The summed E-state index contributed by atoms with van der Waals surface area (Å²) < 4.78 is 20.9. The van der Waals surface area contributed by atoms with Crippen molar-refractivity contribution in [2.24, 2.45) is 7.05 Å². The summed E-state index contributed by atoms with van der Waals surface area (Å²) >= 11 is 0. The normalized spacial score (nSPS) is 19.3. The number of halogens is 1. The predicted octanol–water partition coefficient (Wildman–Crippen LogP) is 4.63. The van der Waals surface area contributed by atoms with Gasteiger partial charge in [0.25, 0.3) is 5.56 Å². The zero-order chi connectivity index (χ0) is 27.0. The molecule has 2 aromatic heterocycles. The molecule has 0 amide bonds. The van der Waals surface area contributed by atoms with Gasteiger partial charge >= 0.3 is 0 Å².